The molecule has 1 amide bonds. The van der Waals surface area contributed by atoms with E-state index < -0.39 is 11.7 Å². The van der Waals surface area contributed by atoms with Gasteiger partial charge in [0.05, 0.1) is 22.4 Å². The van der Waals surface area contributed by atoms with Crippen LogP contribution in [0.15, 0.2) is 60.8 Å². The molecule has 5 rings (SSSR count). The Kier molecular flexibility index (Phi) is 5.21. The number of amides is 1. The first-order valence-electron chi connectivity index (χ1n) is 9.33. The van der Waals surface area contributed by atoms with Gasteiger partial charge in [-0.3, -0.25) is 9.89 Å². The van der Waals surface area contributed by atoms with E-state index in [1.54, 1.807) is 24.4 Å². The van der Waals surface area contributed by atoms with Gasteiger partial charge in [0.2, 0.25) is 5.13 Å². The molecule has 0 saturated heterocycles. The molecule has 8 nitrogen and oxygen atoms in total. The summed E-state index contributed by atoms with van der Waals surface area (Å²) >= 11 is 7.74. The van der Waals surface area contributed by atoms with Crippen LogP contribution in [0.25, 0.3) is 21.6 Å². The summed E-state index contributed by atoms with van der Waals surface area (Å²) in [5.41, 5.74) is 2.38. The first-order chi connectivity index (χ1) is 15.6. The van der Waals surface area contributed by atoms with Crippen LogP contribution in [0.3, 0.4) is 0 Å². The summed E-state index contributed by atoms with van der Waals surface area (Å²) in [6, 6.07) is 14.1. The standard InChI is InChI=1S/C21H13ClFN7OS/c22-18-13-10-24-28-14(13)8-9-15(18)26-21-30-29-20(32-21)16-2-1-3-17(25-16)27-19(31)11-4-6-12(23)7-5-11/h1-10H,(H,24,28)(H,26,30)(H,25,27,31). The summed E-state index contributed by atoms with van der Waals surface area (Å²) in [5, 5.41) is 23.5. The number of benzene rings is 2. The fourth-order valence-corrected chi connectivity index (χ4v) is 3.97. The van der Waals surface area contributed by atoms with Gasteiger partial charge in [-0.1, -0.05) is 29.0 Å². The maximum Gasteiger partial charge on any atom is 0.256 e. The van der Waals surface area contributed by atoms with Crippen LogP contribution in [0.1, 0.15) is 10.4 Å². The second-order valence-corrected chi connectivity index (χ2v) is 8.02. The van der Waals surface area contributed by atoms with Gasteiger partial charge >= 0.3 is 0 Å². The van der Waals surface area contributed by atoms with E-state index in [0.29, 0.717) is 37.9 Å². The number of H-pyrrole nitrogens is 1. The molecule has 0 fully saturated rings. The van der Waals surface area contributed by atoms with Crippen molar-refractivity contribution in [2.75, 3.05) is 10.6 Å². The van der Waals surface area contributed by atoms with Crippen LogP contribution >= 0.6 is 22.9 Å². The average Bonchev–Trinajstić information content (AvgIpc) is 3.46. The SMILES string of the molecule is O=C(Nc1cccc(-c2nnc(Nc3ccc4[nH]ncc4c3Cl)s2)n1)c1ccc(F)cc1. The molecule has 0 aliphatic rings. The van der Waals surface area contributed by atoms with Crippen molar-refractivity contribution in [2.24, 2.45) is 0 Å². The van der Waals surface area contributed by atoms with Gasteiger partial charge in [-0.15, -0.1) is 10.2 Å². The lowest BCUT2D eigenvalue weighted by Gasteiger charge is -2.06. The molecule has 3 N–H and O–H groups in total. The Morgan fingerprint density at radius 2 is 1.91 bits per heavy atom. The van der Waals surface area contributed by atoms with Crippen molar-refractivity contribution in [3.63, 3.8) is 0 Å². The number of pyridine rings is 1. The van der Waals surface area contributed by atoms with E-state index in [9.17, 15) is 9.18 Å². The molecule has 32 heavy (non-hydrogen) atoms. The van der Waals surface area contributed by atoms with Crippen LogP contribution in [0.2, 0.25) is 5.02 Å². The van der Waals surface area contributed by atoms with Gasteiger partial charge < -0.3 is 10.6 Å². The van der Waals surface area contributed by atoms with Gasteiger partial charge in [0.1, 0.15) is 17.3 Å². The molecule has 0 unspecified atom stereocenters. The Hall–Kier alpha value is -3.89. The lowest BCUT2D eigenvalue weighted by atomic mass is 10.2. The smallest absolute Gasteiger partial charge is 0.256 e. The second-order valence-electron chi connectivity index (χ2n) is 6.66. The molecular weight excluding hydrogens is 453 g/mol. The van der Waals surface area contributed by atoms with Crippen molar-refractivity contribution in [2.45, 2.75) is 0 Å². The maximum atomic E-state index is 13.1. The molecule has 0 atom stereocenters. The van der Waals surface area contributed by atoms with Gasteiger partial charge in [-0.2, -0.15) is 5.10 Å². The summed E-state index contributed by atoms with van der Waals surface area (Å²) in [7, 11) is 0. The Labute approximate surface area is 189 Å². The fourth-order valence-electron chi connectivity index (χ4n) is 2.99. The lowest BCUT2D eigenvalue weighted by molar-refractivity contribution is 0.102. The van der Waals surface area contributed by atoms with E-state index >= 15 is 0 Å². The molecule has 158 valence electrons. The minimum atomic E-state index is -0.409. The van der Waals surface area contributed by atoms with Crippen LogP contribution in [0.5, 0.6) is 0 Å². The minimum Gasteiger partial charge on any atom is -0.329 e. The Morgan fingerprint density at radius 1 is 1.06 bits per heavy atom. The van der Waals surface area contributed by atoms with Gasteiger partial charge in [0, 0.05) is 10.9 Å². The Morgan fingerprint density at radius 3 is 2.75 bits per heavy atom. The fraction of sp³-hybridized carbons (Fsp3) is 0. The predicted molar refractivity (Wildman–Crippen MR) is 122 cm³/mol. The largest absolute Gasteiger partial charge is 0.329 e. The average molecular weight is 466 g/mol. The lowest BCUT2D eigenvalue weighted by Crippen LogP contribution is -2.13. The highest BCUT2D eigenvalue weighted by Gasteiger charge is 2.13. The van der Waals surface area contributed by atoms with E-state index in [1.807, 2.05) is 12.1 Å². The number of aromatic amines is 1. The third-order valence-electron chi connectivity index (χ3n) is 4.54. The number of anilines is 3. The number of halogens is 2. The number of hydrogen-bond donors (Lipinski definition) is 3. The molecule has 0 aliphatic heterocycles. The number of rotatable bonds is 5. The van der Waals surface area contributed by atoms with Crippen LogP contribution in [0, 0.1) is 5.82 Å². The molecule has 0 saturated carbocycles. The first-order valence-corrected chi connectivity index (χ1v) is 10.5. The Balaban J connectivity index is 1.34. The van der Waals surface area contributed by atoms with E-state index in [4.69, 9.17) is 11.6 Å². The van der Waals surface area contributed by atoms with Crippen LogP contribution < -0.4 is 10.6 Å². The van der Waals surface area contributed by atoms with E-state index in [2.05, 4.69) is 36.0 Å². The molecule has 11 heteroatoms. The van der Waals surface area contributed by atoms with Gasteiger partial charge in [0.25, 0.3) is 5.91 Å². The third kappa shape index (κ3) is 4.01. The van der Waals surface area contributed by atoms with Crippen LogP contribution in [-0.2, 0) is 0 Å². The quantitative estimate of drug-likeness (QED) is 0.326. The molecule has 0 aliphatic carbocycles. The van der Waals surface area contributed by atoms with E-state index in [1.165, 1.54) is 35.6 Å². The zero-order valence-electron chi connectivity index (χ0n) is 16.1. The van der Waals surface area contributed by atoms with Crippen molar-refractivity contribution >= 4 is 56.4 Å². The number of fused-ring (bicyclic) bond motifs is 1. The highest BCUT2D eigenvalue weighted by molar-refractivity contribution is 7.18. The molecule has 0 radical (unpaired) electrons. The van der Waals surface area contributed by atoms with Gasteiger partial charge in [-0.25, -0.2) is 9.37 Å². The Bertz CT molecular complexity index is 1430. The number of nitrogens with one attached hydrogen (secondary N) is 3. The molecule has 3 aromatic heterocycles. The zero-order chi connectivity index (χ0) is 22.1. The second kappa shape index (κ2) is 8.33. The number of aromatic nitrogens is 5. The molecule has 2 aromatic carbocycles. The van der Waals surface area contributed by atoms with Crippen LogP contribution in [0.4, 0.5) is 21.0 Å². The molecular formula is C21H13ClFN7OS. The molecule has 0 spiro atoms. The maximum absolute atomic E-state index is 13.1. The van der Waals surface area contributed by atoms with Gasteiger partial charge in [0.15, 0.2) is 5.01 Å². The highest BCUT2D eigenvalue weighted by atomic mass is 35.5. The molecule has 3 heterocycles. The van der Waals surface area contributed by atoms with E-state index in [-0.39, 0.29) is 0 Å². The summed E-state index contributed by atoms with van der Waals surface area (Å²) in [5.74, 6) is -0.457. The molecule has 0 bridgehead atoms. The van der Waals surface area contributed by atoms with Crippen molar-refractivity contribution < 1.29 is 9.18 Å². The third-order valence-corrected chi connectivity index (χ3v) is 5.81. The normalized spacial score (nSPS) is 10.9. The minimum absolute atomic E-state index is 0.326. The number of carbonyl (C=O) groups is 1. The van der Waals surface area contributed by atoms with Crippen molar-refractivity contribution in [3.8, 4) is 10.7 Å². The van der Waals surface area contributed by atoms with Gasteiger partial charge in [-0.05, 0) is 48.5 Å². The predicted octanol–water partition coefficient (Wildman–Crippen LogP) is 5.26. The summed E-state index contributed by atoms with van der Waals surface area (Å²) < 4.78 is 13.1. The van der Waals surface area contributed by atoms with Crippen molar-refractivity contribution in [1.82, 2.24) is 25.4 Å². The van der Waals surface area contributed by atoms with Crippen molar-refractivity contribution in [1.29, 1.82) is 0 Å². The monoisotopic (exact) mass is 465 g/mol. The van der Waals surface area contributed by atoms with Crippen LogP contribution in [-0.4, -0.2) is 31.3 Å². The summed E-state index contributed by atoms with van der Waals surface area (Å²) in [6.45, 7) is 0. The number of hydrogen-bond acceptors (Lipinski definition) is 7. The van der Waals surface area contributed by atoms with E-state index in [0.717, 1.165) is 10.9 Å². The topological polar surface area (TPSA) is 108 Å². The summed E-state index contributed by atoms with van der Waals surface area (Å²) in [6.07, 6.45) is 1.66. The summed E-state index contributed by atoms with van der Waals surface area (Å²) in [4.78, 5) is 16.8. The number of nitrogens with zero attached hydrogens (tertiary/aromatic N) is 4. The first kappa shape index (κ1) is 20.0. The zero-order valence-corrected chi connectivity index (χ0v) is 17.7. The molecule has 5 aromatic rings. The highest BCUT2D eigenvalue weighted by Crippen LogP contribution is 2.34. The number of carbonyl (C=O) groups excluding carboxylic acids is 1. The van der Waals surface area contributed by atoms with Crippen molar-refractivity contribution in [3.05, 3.63) is 77.2 Å².